The molecule has 0 aromatic heterocycles. The normalized spacial score (nSPS) is 10.6. The summed E-state index contributed by atoms with van der Waals surface area (Å²) in [5.74, 6) is -4.02. The fraction of sp³-hybridized carbons (Fsp3) is 0.667. The second kappa shape index (κ2) is 3.98. The zero-order valence-electron chi connectivity index (χ0n) is 5.88. The van der Waals surface area contributed by atoms with Gasteiger partial charge in [-0.1, -0.05) is 17.0 Å². The molecule has 0 saturated heterocycles. The summed E-state index contributed by atoms with van der Waals surface area (Å²) >= 11 is 2.97. The van der Waals surface area contributed by atoms with Gasteiger partial charge in [-0.05, 0) is 0 Å². The highest BCUT2D eigenvalue weighted by molar-refractivity contribution is 7.96. The Balaban J connectivity index is 4.52. The second-order valence-electron chi connectivity index (χ2n) is 1.79. The third kappa shape index (κ3) is 2.82. The minimum absolute atomic E-state index is 1.34. The number of alkyl halides is 1. The summed E-state index contributed by atoms with van der Waals surface area (Å²) in [5, 5.41) is 18.4. The van der Waals surface area contributed by atoms with Crippen LogP contribution >= 0.6 is 12.6 Å². The van der Waals surface area contributed by atoms with E-state index in [0.29, 0.717) is 0 Å². The van der Waals surface area contributed by atoms with E-state index in [4.69, 9.17) is 0 Å². The molecule has 0 fully saturated rings. The van der Waals surface area contributed by atoms with E-state index in [1.807, 2.05) is 0 Å². The van der Waals surface area contributed by atoms with Crippen molar-refractivity contribution in [2.24, 2.45) is 0 Å². The summed E-state index contributed by atoms with van der Waals surface area (Å²) in [5.41, 5.74) is 0. The van der Waals surface area contributed by atoms with Crippen LogP contribution in [0.4, 0.5) is 9.18 Å². The molecule has 0 atom stereocenters. The first-order valence-electron chi connectivity index (χ1n) is 2.64. The number of halogens is 1. The number of hydrogen-bond acceptors (Lipinski definition) is 6. The van der Waals surface area contributed by atoms with Crippen LogP contribution in [-0.4, -0.2) is 27.7 Å². The molecule has 0 bridgehead atoms. The Labute approximate surface area is 75.4 Å². The van der Waals surface area contributed by atoms with Gasteiger partial charge in [0.15, 0.2) is 0 Å². The van der Waals surface area contributed by atoms with Crippen molar-refractivity contribution in [2.45, 2.75) is 5.92 Å². The number of ether oxygens (including phenoxy) is 1. The summed E-state index contributed by atoms with van der Waals surface area (Å²) in [6, 6.07) is 0. The van der Waals surface area contributed by atoms with Crippen molar-refractivity contribution in [1.29, 1.82) is 0 Å². The molecule has 0 N–H and O–H groups in total. The van der Waals surface area contributed by atoms with Crippen LogP contribution in [0.3, 0.4) is 0 Å². The van der Waals surface area contributed by atoms with E-state index in [-0.39, 0.29) is 0 Å². The van der Waals surface area contributed by atoms with Crippen LogP contribution in [0.1, 0.15) is 0 Å². The molecule has 0 saturated carbocycles. The fourth-order valence-corrected chi connectivity index (χ4v) is 0.390. The molecule has 0 spiro atoms. The molecule has 0 heterocycles. The van der Waals surface area contributed by atoms with Gasteiger partial charge in [0.05, 0.1) is 0 Å². The van der Waals surface area contributed by atoms with Gasteiger partial charge in [0.1, 0.15) is 9.85 Å². The molecule has 0 radical (unpaired) electrons. The van der Waals surface area contributed by atoms with Gasteiger partial charge in [0.2, 0.25) is 0 Å². The lowest BCUT2D eigenvalue weighted by molar-refractivity contribution is -0.832. The lowest BCUT2D eigenvalue weighted by Gasteiger charge is -2.06. The van der Waals surface area contributed by atoms with Crippen LogP contribution in [0, 0.1) is 20.2 Å². The van der Waals surface area contributed by atoms with Gasteiger partial charge in [-0.2, -0.15) is 0 Å². The van der Waals surface area contributed by atoms with E-state index in [1.165, 1.54) is 0 Å². The number of nitrogens with zero attached hydrogens (tertiary/aromatic N) is 2. The summed E-state index contributed by atoms with van der Waals surface area (Å²) in [6.07, 6.45) is 0. The monoisotopic (exact) mass is 214 g/mol. The molecule has 0 aromatic rings. The first-order chi connectivity index (χ1) is 5.80. The van der Waals surface area contributed by atoms with E-state index in [0.717, 1.165) is 0 Å². The summed E-state index contributed by atoms with van der Waals surface area (Å²) < 4.78 is 16.4. The van der Waals surface area contributed by atoms with Gasteiger partial charge in [0, 0.05) is 0 Å². The Morgan fingerprint density at radius 3 is 2.08 bits per heavy atom. The fourth-order valence-electron chi connectivity index (χ4n) is 0.326. The number of rotatable bonds is 4. The Hall–Kier alpha value is -1.45. The molecule has 10 heteroatoms. The number of nitro groups is 2. The largest absolute Gasteiger partial charge is 0.648 e. The SMILES string of the molecule is O=C(S)OCC(F)([N+](=O)[O-])[N+](=O)[O-]. The van der Waals surface area contributed by atoms with Gasteiger partial charge in [-0.25, -0.2) is 4.79 Å². The number of carbonyl (C=O) groups excluding carboxylic acids is 1. The highest BCUT2D eigenvalue weighted by Gasteiger charge is 2.59. The molecule has 74 valence electrons. The minimum atomic E-state index is -4.02. The molecule has 0 aliphatic heterocycles. The van der Waals surface area contributed by atoms with Crippen molar-refractivity contribution in [3.63, 3.8) is 0 Å². The van der Waals surface area contributed by atoms with E-state index < -0.39 is 27.7 Å². The number of thiol groups is 1. The van der Waals surface area contributed by atoms with Gasteiger partial charge in [-0.15, -0.1) is 0 Å². The van der Waals surface area contributed by atoms with Crippen LogP contribution in [-0.2, 0) is 4.74 Å². The molecule has 0 aliphatic carbocycles. The molecule has 0 aromatic carbocycles. The summed E-state index contributed by atoms with van der Waals surface area (Å²) in [7, 11) is 0. The van der Waals surface area contributed by atoms with Crippen molar-refractivity contribution in [3.8, 4) is 0 Å². The third-order valence-electron chi connectivity index (χ3n) is 0.939. The van der Waals surface area contributed by atoms with Crippen molar-refractivity contribution < 1.29 is 23.8 Å². The quantitative estimate of drug-likeness (QED) is 0.179. The van der Waals surface area contributed by atoms with Crippen LogP contribution in [0.15, 0.2) is 0 Å². The lowest BCUT2D eigenvalue weighted by atomic mass is 10.5. The van der Waals surface area contributed by atoms with E-state index in [2.05, 4.69) is 17.4 Å². The molecule has 0 rings (SSSR count). The maximum absolute atomic E-state index is 12.7. The highest BCUT2D eigenvalue weighted by Crippen LogP contribution is 2.13. The Morgan fingerprint density at radius 1 is 1.46 bits per heavy atom. The standard InChI is InChI=1S/C3H3FN2O6S/c4-3(5(8)9,6(10)11)1-12-2(7)13/h1H2,(H,7,13). The average molecular weight is 214 g/mol. The summed E-state index contributed by atoms with van der Waals surface area (Å²) in [6.45, 7) is -1.62. The van der Waals surface area contributed by atoms with Crippen LogP contribution in [0.5, 0.6) is 0 Å². The highest BCUT2D eigenvalue weighted by atomic mass is 32.1. The van der Waals surface area contributed by atoms with Gasteiger partial charge < -0.3 is 4.74 Å². The Morgan fingerprint density at radius 2 is 1.85 bits per heavy atom. The Bertz CT molecular complexity index is 242. The first kappa shape index (κ1) is 11.6. The number of hydrogen-bond donors (Lipinski definition) is 1. The predicted octanol–water partition coefficient (Wildman–Crippen LogP) is 0.229. The van der Waals surface area contributed by atoms with E-state index >= 15 is 0 Å². The summed E-state index contributed by atoms with van der Waals surface area (Å²) in [4.78, 5) is 26.1. The first-order valence-corrected chi connectivity index (χ1v) is 3.09. The second-order valence-corrected chi connectivity index (χ2v) is 2.15. The molecule has 13 heavy (non-hydrogen) atoms. The molecule has 0 amide bonds. The van der Waals surface area contributed by atoms with Gasteiger partial charge in [-0.3, -0.25) is 20.2 Å². The van der Waals surface area contributed by atoms with Crippen molar-refractivity contribution in [3.05, 3.63) is 20.2 Å². The van der Waals surface area contributed by atoms with Crippen molar-refractivity contribution in [2.75, 3.05) is 6.61 Å². The maximum atomic E-state index is 12.7. The van der Waals surface area contributed by atoms with Crippen LogP contribution in [0.2, 0.25) is 0 Å². The van der Waals surface area contributed by atoms with Crippen LogP contribution < -0.4 is 0 Å². The average Bonchev–Trinajstić information content (AvgIpc) is 1.99. The maximum Gasteiger partial charge on any atom is 0.648 e. The van der Waals surface area contributed by atoms with Gasteiger partial charge >= 0.3 is 11.2 Å². The van der Waals surface area contributed by atoms with E-state index in [1.54, 1.807) is 0 Å². The van der Waals surface area contributed by atoms with E-state index in [9.17, 15) is 29.4 Å². The zero-order valence-corrected chi connectivity index (χ0v) is 6.77. The minimum Gasteiger partial charge on any atom is -0.438 e. The van der Waals surface area contributed by atoms with Crippen LogP contribution in [0.25, 0.3) is 0 Å². The predicted molar refractivity (Wildman–Crippen MR) is 38.2 cm³/mol. The molecule has 0 aliphatic rings. The zero-order chi connectivity index (χ0) is 10.6. The number of carbonyl (C=O) groups is 1. The molecule has 0 unspecified atom stereocenters. The molecular formula is C3H3FN2O6S. The van der Waals surface area contributed by atoms with Crippen molar-refractivity contribution >= 4 is 17.9 Å². The third-order valence-corrected chi connectivity index (χ3v) is 1.07. The topological polar surface area (TPSA) is 113 Å². The smallest absolute Gasteiger partial charge is 0.438 e. The Kier molecular flexibility index (Phi) is 3.54. The lowest BCUT2D eigenvalue weighted by Crippen LogP contribution is -2.46. The van der Waals surface area contributed by atoms with Crippen molar-refractivity contribution in [1.82, 2.24) is 0 Å². The van der Waals surface area contributed by atoms with Gasteiger partial charge in [0.25, 0.3) is 6.61 Å². The molecular weight excluding hydrogens is 211 g/mol. The molecule has 8 nitrogen and oxygen atoms in total.